The number of halogens is 2. The van der Waals surface area contributed by atoms with Gasteiger partial charge in [-0.3, -0.25) is 4.79 Å². The van der Waals surface area contributed by atoms with Crippen LogP contribution in [0.25, 0.3) is 0 Å². The van der Waals surface area contributed by atoms with Gasteiger partial charge in [0.15, 0.2) is 0 Å². The van der Waals surface area contributed by atoms with Gasteiger partial charge in [-0.15, -0.1) is 24.8 Å². The Morgan fingerprint density at radius 1 is 1.29 bits per heavy atom. The van der Waals surface area contributed by atoms with E-state index in [1.807, 2.05) is 0 Å². The molecule has 14 heavy (non-hydrogen) atoms. The average Bonchev–Trinajstić information content (AvgIpc) is 2.05. The van der Waals surface area contributed by atoms with E-state index in [1.54, 1.807) is 6.92 Å². The molecule has 1 fully saturated rings. The van der Waals surface area contributed by atoms with Gasteiger partial charge in [0.05, 0.1) is 6.17 Å². The molecule has 5 heteroatoms. The van der Waals surface area contributed by atoms with E-state index in [9.17, 15) is 4.79 Å². The number of carbonyl (C=O) groups excluding carboxylic acids is 1. The fourth-order valence-corrected chi connectivity index (χ4v) is 1.71. The first-order valence-corrected chi connectivity index (χ1v) is 4.76. The van der Waals surface area contributed by atoms with E-state index in [1.165, 1.54) is 19.3 Å². The lowest BCUT2D eigenvalue weighted by atomic mass is 9.88. The summed E-state index contributed by atoms with van der Waals surface area (Å²) < 4.78 is 0. The number of carbonyl (C=O) groups is 1. The predicted octanol–water partition coefficient (Wildman–Crippen LogP) is 1.83. The van der Waals surface area contributed by atoms with Crippen molar-refractivity contribution in [1.82, 2.24) is 5.32 Å². The molecule has 0 bridgehead atoms. The smallest absolute Gasteiger partial charge is 0.224 e. The molecule has 1 saturated carbocycles. The van der Waals surface area contributed by atoms with Gasteiger partial charge in [0, 0.05) is 5.92 Å². The van der Waals surface area contributed by atoms with E-state index >= 15 is 0 Å². The third-order valence-electron chi connectivity index (χ3n) is 2.35. The second kappa shape index (κ2) is 8.33. The number of nitrogens with two attached hydrogens (primary N) is 1. The topological polar surface area (TPSA) is 55.1 Å². The molecule has 0 aromatic rings. The minimum atomic E-state index is -0.209. The molecule has 1 amide bonds. The summed E-state index contributed by atoms with van der Waals surface area (Å²) >= 11 is 0. The molecular weight excluding hydrogens is 223 g/mol. The highest BCUT2D eigenvalue weighted by molar-refractivity contribution is 5.85. The molecule has 0 spiro atoms. The Balaban J connectivity index is 0. The Morgan fingerprint density at radius 2 is 1.79 bits per heavy atom. The molecule has 0 aromatic carbocycles. The molecule has 0 unspecified atom stereocenters. The van der Waals surface area contributed by atoms with Crippen molar-refractivity contribution < 1.29 is 4.79 Å². The molecule has 1 aliphatic carbocycles. The van der Waals surface area contributed by atoms with Gasteiger partial charge in [0.25, 0.3) is 0 Å². The average molecular weight is 243 g/mol. The maximum atomic E-state index is 11.4. The first-order valence-electron chi connectivity index (χ1n) is 4.76. The summed E-state index contributed by atoms with van der Waals surface area (Å²) in [6.07, 6.45) is 5.53. The Hall–Kier alpha value is 0.01000. The number of hydrogen-bond acceptors (Lipinski definition) is 2. The zero-order valence-electron chi connectivity index (χ0n) is 8.49. The first-order chi connectivity index (χ1) is 5.70. The van der Waals surface area contributed by atoms with Crippen molar-refractivity contribution in [3.8, 4) is 0 Å². The van der Waals surface area contributed by atoms with E-state index in [4.69, 9.17) is 5.73 Å². The van der Waals surface area contributed by atoms with Crippen LogP contribution in [-0.2, 0) is 4.79 Å². The van der Waals surface area contributed by atoms with Gasteiger partial charge in [0.1, 0.15) is 0 Å². The van der Waals surface area contributed by atoms with Crippen LogP contribution in [-0.4, -0.2) is 12.1 Å². The van der Waals surface area contributed by atoms with Crippen LogP contribution in [0.5, 0.6) is 0 Å². The summed E-state index contributed by atoms with van der Waals surface area (Å²) in [6.45, 7) is 1.79. The second-order valence-electron chi connectivity index (χ2n) is 3.63. The Bertz CT molecular complexity index is 159. The fraction of sp³-hybridized carbons (Fsp3) is 0.889. The zero-order valence-corrected chi connectivity index (χ0v) is 10.1. The van der Waals surface area contributed by atoms with E-state index in [0.29, 0.717) is 0 Å². The summed E-state index contributed by atoms with van der Waals surface area (Å²) in [7, 11) is 0. The van der Waals surface area contributed by atoms with Crippen LogP contribution >= 0.6 is 24.8 Å². The molecule has 0 saturated heterocycles. The van der Waals surface area contributed by atoms with Gasteiger partial charge >= 0.3 is 0 Å². The molecule has 1 aliphatic rings. The molecule has 1 rings (SSSR count). The van der Waals surface area contributed by atoms with Crippen molar-refractivity contribution in [2.45, 2.75) is 45.2 Å². The molecule has 86 valence electrons. The van der Waals surface area contributed by atoms with Crippen molar-refractivity contribution in [3.05, 3.63) is 0 Å². The highest BCUT2D eigenvalue weighted by Gasteiger charge is 2.20. The highest BCUT2D eigenvalue weighted by Crippen LogP contribution is 2.23. The minimum absolute atomic E-state index is 0. The van der Waals surface area contributed by atoms with Crippen LogP contribution in [0, 0.1) is 5.92 Å². The van der Waals surface area contributed by atoms with Gasteiger partial charge in [0.2, 0.25) is 5.91 Å². The Kier molecular flexibility index (Phi) is 9.78. The van der Waals surface area contributed by atoms with Crippen LogP contribution in [0.3, 0.4) is 0 Å². The van der Waals surface area contributed by atoms with Gasteiger partial charge in [-0.2, -0.15) is 0 Å². The lowest BCUT2D eigenvalue weighted by molar-refractivity contribution is -0.126. The standard InChI is InChI=1S/C9H18N2O.2ClH/c1-7(10)11-9(12)8-5-3-2-4-6-8;;/h7-8H,2-6,10H2,1H3,(H,11,12);2*1H/t7-;;/m1../s1. The third-order valence-corrected chi connectivity index (χ3v) is 2.35. The van der Waals surface area contributed by atoms with E-state index in [0.717, 1.165) is 12.8 Å². The molecule has 1 atom stereocenters. The molecule has 0 radical (unpaired) electrons. The van der Waals surface area contributed by atoms with Gasteiger partial charge in [-0.25, -0.2) is 0 Å². The first kappa shape index (κ1) is 16.4. The van der Waals surface area contributed by atoms with E-state index < -0.39 is 0 Å². The fourth-order valence-electron chi connectivity index (χ4n) is 1.71. The summed E-state index contributed by atoms with van der Waals surface area (Å²) in [5.74, 6) is 0.370. The summed E-state index contributed by atoms with van der Waals surface area (Å²) in [5.41, 5.74) is 5.47. The Morgan fingerprint density at radius 3 is 2.21 bits per heavy atom. The lowest BCUT2D eigenvalue weighted by Crippen LogP contribution is -2.42. The summed E-state index contributed by atoms with van der Waals surface area (Å²) in [6, 6.07) is 0. The zero-order chi connectivity index (χ0) is 8.97. The highest BCUT2D eigenvalue weighted by atomic mass is 35.5. The monoisotopic (exact) mass is 242 g/mol. The van der Waals surface area contributed by atoms with Crippen LogP contribution in [0.4, 0.5) is 0 Å². The third kappa shape index (κ3) is 5.68. The number of amides is 1. The van der Waals surface area contributed by atoms with Crippen molar-refractivity contribution in [1.29, 1.82) is 0 Å². The SMILES string of the molecule is C[C@H](N)NC(=O)C1CCCCC1.Cl.Cl. The lowest BCUT2D eigenvalue weighted by Gasteiger charge is -2.21. The van der Waals surface area contributed by atoms with Gasteiger partial charge in [-0.05, 0) is 19.8 Å². The van der Waals surface area contributed by atoms with Crippen LogP contribution in [0.2, 0.25) is 0 Å². The van der Waals surface area contributed by atoms with Crippen molar-refractivity contribution in [3.63, 3.8) is 0 Å². The predicted molar refractivity (Wildman–Crippen MR) is 62.9 cm³/mol. The maximum absolute atomic E-state index is 11.4. The Labute approximate surface area is 98.0 Å². The largest absolute Gasteiger partial charge is 0.341 e. The molecule has 0 aromatic heterocycles. The summed E-state index contributed by atoms with van der Waals surface area (Å²) in [5, 5.41) is 2.75. The second-order valence-corrected chi connectivity index (χ2v) is 3.63. The molecule has 0 heterocycles. The minimum Gasteiger partial charge on any atom is -0.341 e. The number of rotatable bonds is 2. The van der Waals surface area contributed by atoms with Gasteiger partial charge in [-0.1, -0.05) is 19.3 Å². The van der Waals surface area contributed by atoms with Crippen LogP contribution < -0.4 is 11.1 Å². The van der Waals surface area contributed by atoms with Crippen LogP contribution in [0.1, 0.15) is 39.0 Å². The summed E-state index contributed by atoms with van der Waals surface area (Å²) in [4.78, 5) is 11.4. The molecule has 3 N–H and O–H groups in total. The molecule has 3 nitrogen and oxygen atoms in total. The van der Waals surface area contributed by atoms with Gasteiger partial charge < -0.3 is 11.1 Å². The number of nitrogens with one attached hydrogen (secondary N) is 1. The van der Waals surface area contributed by atoms with E-state index in [-0.39, 0.29) is 42.8 Å². The van der Waals surface area contributed by atoms with Crippen molar-refractivity contribution in [2.24, 2.45) is 11.7 Å². The number of hydrogen-bond donors (Lipinski definition) is 2. The van der Waals surface area contributed by atoms with Crippen LogP contribution in [0.15, 0.2) is 0 Å². The maximum Gasteiger partial charge on any atom is 0.224 e. The van der Waals surface area contributed by atoms with E-state index in [2.05, 4.69) is 5.32 Å². The van der Waals surface area contributed by atoms with Crippen molar-refractivity contribution >= 4 is 30.7 Å². The molecule has 0 aliphatic heterocycles. The normalized spacial score (nSPS) is 18.7. The quantitative estimate of drug-likeness (QED) is 0.727. The van der Waals surface area contributed by atoms with Crippen molar-refractivity contribution in [2.75, 3.05) is 0 Å². The molecular formula is C9H20Cl2N2O.